The fraction of sp³-hybridized carbons (Fsp3) is 0.667. The Labute approximate surface area is 135 Å². The van der Waals surface area contributed by atoms with Crippen LogP contribution >= 0.6 is 0 Å². The molecule has 1 saturated heterocycles. The van der Waals surface area contributed by atoms with Crippen LogP contribution in [0.1, 0.15) is 31.7 Å². The number of nitrogens with one attached hydrogen (secondary N) is 2. The molecule has 3 amide bonds. The average Bonchev–Trinajstić information content (AvgIpc) is 2.93. The van der Waals surface area contributed by atoms with Gasteiger partial charge in [0.15, 0.2) is 0 Å². The van der Waals surface area contributed by atoms with Gasteiger partial charge in [0.05, 0.1) is 6.54 Å². The van der Waals surface area contributed by atoms with E-state index in [0.717, 1.165) is 19.4 Å². The van der Waals surface area contributed by atoms with Crippen LogP contribution in [0.3, 0.4) is 0 Å². The van der Waals surface area contributed by atoms with Gasteiger partial charge in [0.2, 0.25) is 5.91 Å². The minimum absolute atomic E-state index is 0.0297. The lowest BCUT2D eigenvalue weighted by atomic mass is 9.92. The summed E-state index contributed by atoms with van der Waals surface area (Å²) in [6.07, 6.45) is 4.62. The molecule has 8 nitrogen and oxygen atoms in total. The maximum atomic E-state index is 11.9. The molecule has 0 bridgehead atoms. The van der Waals surface area contributed by atoms with E-state index in [1.54, 1.807) is 19.3 Å². The van der Waals surface area contributed by atoms with Crippen LogP contribution in [0.25, 0.3) is 0 Å². The summed E-state index contributed by atoms with van der Waals surface area (Å²) in [5, 5.41) is 15.3. The number of imidazole rings is 1. The number of aliphatic hydroxyl groups is 1. The summed E-state index contributed by atoms with van der Waals surface area (Å²) in [5.41, 5.74) is 0. The molecule has 0 aromatic carbocycles. The molecule has 0 aliphatic carbocycles. The van der Waals surface area contributed by atoms with Crippen LogP contribution in [0.2, 0.25) is 0 Å². The molecule has 2 unspecified atom stereocenters. The summed E-state index contributed by atoms with van der Waals surface area (Å²) >= 11 is 0. The molecule has 1 fully saturated rings. The van der Waals surface area contributed by atoms with E-state index in [9.17, 15) is 14.7 Å². The van der Waals surface area contributed by atoms with E-state index in [1.807, 2.05) is 16.5 Å². The first-order valence-electron chi connectivity index (χ1n) is 7.96. The Balaban J connectivity index is 1.87. The third kappa shape index (κ3) is 4.77. The Bertz CT molecular complexity index is 545. The number of hydrogen-bond donors (Lipinski definition) is 3. The van der Waals surface area contributed by atoms with Crippen LogP contribution in [-0.4, -0.2) is 57.7 Å². The van der Waals surface area contributed by atoms with Gasteiger partial charge in [0.1, 0.15) is 11.9 Å². The number of imide groups is 1. The second-order valence-corrected chi connectivity index (χ2v) is 5.89. The number of aromatic nitrogens is 2. The number of amides is 3. The number of likely N-dealkylation sites (tertiary alicyclic amines) is 1. The largest absolute Gasteiger partial charge is 0.385 e. The van der Waals surface area contributed by atoms with Gasteiger partial charge < -0.3 is 15.0 Å². The molecule has 1 aliphatic heterocycles. The fourth-order valence-corrected chi connectivity index (χ4v) is 2.94. The zero-order chi connectivity index (χ0) is 16.8. The number of rotatable bonds is 5. The van der Waals surface area contributed by atoms with Crippen molar-refractivity contribution in [2.45, 2.75) is 25.9 Å². The Morgan fingerprint density at radius 2 is 2.30 bits per heavy atom. The molecular weight excluding hydrogens is 298 g/mol. The van der Waals surface area contributed by atoms with Crippen molar-refractivity contribution in [2.24, 2.45) is 13.0 Å². The van der Waals surface area contributed by atoms with Gasteiger partial charge in [0.25, 0.3) is 0 Å². The number of urea groups is 1. The van der Waals surface area contributed by atoms with Gasteiger partial charge in [-0.3, -0.25) is 15.0 Å². The van der Waals surface area contributed by atoms with Crippen LogP contribution in [0.4, 0.5) is 4.79 Å². The molecule has 1 aliphatic rings. The van der Waals surface area contributed by atoms with E-state index >= 15 is 0 Å². The molecule has 3 N–H and O–H groups in total. The first-order valence-corrected chi connectivity index (χ1v) is 7.96. The summed E-state index contributed by atoms with van der Waals surface area (Å²) < 4.78 is 1.81. The molecule has 0 saturated carbocycles. The lowest BCUT2D eigenvalue weighted by molar-refractivity contribution is -0.121. The Hall–Kier alpha value is -1.93. The Morgan fingerprint density at radius 1 is 1.52 bits per heavy atom. The standard InChI is InChI=1S/C15H25N5O3/c1-3-16-15(23)18-12(21)10-20-7-4-5-11(9-20)13(22)14-17-6-8-19(14)2/h6,8,11,13,22H,3-5,7,9-10H2,1-2H3,(H2,16,18,21,23). The fourth-order valence-electron chi connectivity index (χ4n) is 2.94. The summed E-state index contributed by atoms with van der Waals surface area (Å²) in [4.78, 5) is 29.4. The van der Waals surface area contributed by atoms with Crippen LogP contribution in [0.15, 0.2) is 12.4 Å². The lowest BCUT2D eigenvalue weighted by Crippen LogP contribution is -2.47. The van der Waals surface area contributed by atoms with E-state index in [0.29, 0.717) is 18.9 Å². The molecule has 23 heavy (non-hydrogen) atoms. The molecule has 8 heteroatoms. The quantitative estimate of drug-likeness (QED) is 0.709. The number of hydrogen-bond acceptors (Lipinski definition) is 5. The Morgan fingerprint density at radius 3 is 2.96 bits per heavy atom. The van der Waals surface area contributed by atoms with Crippen molar-refractivity contribution in [3.63, 3.8) is 0 Å². The van der Waals surface area contributed by atoms with Crippen molar-refractivity contribution in [1.29, 1.82) is 0 Å². The number of nitrogens with zero attached hydrogens (tertiary/aromatic N) is 3. The van der Waals surface area contributed by atoms with E-state index in [-0.39, 0.29) is 18.4 Å². The van der Waals surface area contributed by atoms with Gasteiger partial charge >= 0.3 is 6.03 Å². The van der Waals surface area contributed by atoms with E-state index in [2.05, 4.69) is 15.6 Å². The molecule has 2 rings (SSSR count). The number of carbonyl (C=O) groups is 2. The minimum Gasteiger partial charge on any atom is -0.385 e. The number of carbonyl (C=O) groups excluding carboxylic acids is 2. The topological polar surface area (TPSA) is 99.5 Å². The van der Waals surface area contributed by atoms with E-state index in [1.165, 1.54) is 0 Å². The van der Waals surface area contributed by atoms with Gasteiger partial charge in [-0.15, -0.1) is 0 Å². The van der Waals surface area contributed by atoms with Crippen molar-refractivity contribution >= 4 is 11.9 Å². The van der Waals surface area contributed by atoms with Crippen molar-refractivity contribution < 1.29 is 14.7 Å². The highest BCUT2D eigenvalue weighted by Gasteiger charge is 2.29. The third-order valence-corrected chi connectivity index (χ3v) is 4.07. The van der Waals surface area contributed by atoms with Gasteiger partial charge in [-0.1, -0.05) is 0 Å². The zero-order valence-corrected chi connectivity index (χ0v) is 13.7. The maximum absolute atomic E-state index is 11.9. The normalized spacial score (nSPS) is 20.0. The highest BCUT2D eigenvalue weighted by Crippen LogP contribution is 2.28. The highest BCUT2D eigenvalue weighted by atomic mass is 16.3. The lowest BCUT2D eigenvalue weighted by Gasteiger charge is -2.34. The van der Waals surface area contributed by atoms with Gasteiger partial charge in [-0.25, -0.2) is 9.78 Å². The second kappa shape index (κ2) is 8.07. The molecule has 0 radical (unpaired) electrons. The molecule has 128 valence electrons. The predicted octanol–water partition coefficient (Wildman–Crippen LogP) is 0.0112. The molecular formula is C15H25N5O3. The van der Waals surface area contributed by atoms with Crippen LogP contribution in [-0.2, 0) is 11.8 Å². The van der Waals surface area contributed by atoms with Crippen LogP contribution in [0, 0.1) is 5.92 Å². The van der Waals surface area contributed by atoms with Gasteiger partial charge in [-0.2, -0.15) is 0 Å². The maximum Gasteiger partial charge on any atom is 0.321 e. The minimum atomic E-state index is -0.649. The van der Waals surface area contributed by atoms with Crippen molar-refractivity contribution in [3.8, 4) is 0 Å². The average molecular weight is 323 g/mol. The molecule has 2 atom stereocenters. The van der Waals surface area contributed by atoms with Gasteiger partial charge in [0, 0.05) is 38.4 Å². The first kappa shape index (κ1) is 17.4. The monoisotopic (exact) mass is 323 g/mol. The summed E-state index contributed by atoms with van der Waals surface area (Å²) in [6.45, 7) is 3.81. The van der Waals surface area contributed by atoms with Crippen molar-refractivity contribution in [2.75, 3.05) is 26.2 Å². The summed E-state index contributed by atoms with van der Waals surface area (Å²) in [5.74, 6) is 0.342. The third-order valence-electron chi connectivity index (χ3n) is 4.07. The van der Waals surface area contributed by atoms with Crippen molar-refractivity contribution in [3.05, 3.63) is 18.2 Å². The predicted molar refractivity (Wildman–Crippen MR) is 84.5 cm³/mol. The summed E-state index contributed by atoms with van der Waals surface area (Å²) in [6, 6.07) is -0.473. The van der Waals surface area contributed by atoms with E-state index < -0.39 is 12.1 Å². The van der Waals surface area contributed by atoms with E-state index in [4.69, 9.17) is 0 Å². The molecule has 2 heterocycles. The number of piperidine rings is 1. The van der Waals surface area contributed by atoms with Crippen molar-refractivity contribution in [1.82, 2.24) is 25.1 Å². The molecule has 0 spiro atoms. The first-order chi connectivity index (χ1) is 11.0. The SMILES string of the molecule is CCNC(=O)NC(=O)CN1CCCC(C(O)c2nccn2C)C1. The highest BCUT2D eigenvalue weighted by molar-refractivity contribution is 5.95. The zero-order valence-electron chi connectivity index (χ0n) is 13.7. The van der Waals surface area contributed by atoms with Gasteiger partial charge in [-0.05, 0) is 26.3 Å². The smallest absolute Gasteiger partial charge is 0.321 e. The second-order valence-electron chi connectivity index (χ2n) is 5.89. The number of aliphatic hydroxyl groups excluding tert-OH is 1. The van der Waals surface area contributed by atoms with Crippen LogP contribution in [0.5, 0.6) is 0 Å². The number of aryl methyl sites for hydroxylation is 1. The summed E-state index contributed by atoms with van der Waals surface area (Å²) in [7, 11) is 1.85. The molecule has 1 aromatic heterocycles. The van der Waals surface area contributed by atoms with Crippen LogP contribution < -0.4 is 10.6 Å². The Kier molecular flexibility index (Phi) is 6.12. The molecule has 1 aromatic rings.